The minimum Gasteiger partial charge on any atom is -0.332 e. The van der Waals surface area contributed by atoms with Gasteiger partial charge in [0.1, 0.15) is 0 Å². The fraction of sp³-hybridized carbons (Fsp3) is 0.500. The molecule has 0 aromatic carbocycles. The third-order valence-electron chi connectivity index (χ3n) is 3.87. The number of nitrogens with zero attached hydrogens (tertiary/aromatic N) is 2. The number of nitrogens with one attached hydrogen (secondary N) is 2. The van der Waals surface area contributed by atoms with E-state index in [0.29, 0.717) is 18.8 Å². The molecule has 0 saturated carbocycles. The first kappa shape index (κ1) is 15.7. The van der Waals surface area contributed by atoms with Gasteiger partial charge in [0.2, 0.25) is 5.91 Å². The van der Waals surface area contributed by atoms with E-state index in [2.05, 4.69) is 10.3 Å². The van der Waals surface area contributed by atoms with Crippen LogP contribution in [-0.4, -0.2) is 53.9 Å². The Bertz CT molecular complexity index is 529. The number of quaternary nitrogens is 1. The van der Waals surface area contributed by atoms with Crippen LogP contribution >= 0.6 is 11.6 Å². The Labute approximate surface area is 129 Å². The number of aromatic nitrogens is 1. The normalized spacial score (nSPS) is 17.4. The van der Waals surface area contributed by atoms with E-state index in [-0.39, 0.29) is 23.0 Å². The summed E-state index contributed by atoms with van der Waals surface area (Å²) in [7, 11) is 0. The molecule has 2 heterocycles. The molecular formula is C14H20ClN4O2+. The predicted octanol–water partition coefficient (Wildman–Crippen LogP) is -0.191. The molecule has 0 radical (unpaired) electrons. The molecule has 2 N–H and O–H groups in total. The quantitative estimate of drug-likeness (QED) is 0.760. The number of halogens is 1. The van der Waals surface area contributed by atoms with Crippen molar-refractivity contribution in [1.82, 2.24) is 9.88 Å². The van der Waals surface area contributed by atoms with Crippen LogP contribution in [0, 0.1) is 0 Å². The van der Waals surface area contributed by atoms with Crippen molar-refractivity contribution >= 4 is 29.1 Å². The van der Waals surface area contributed by atoms with Gasteiger partial charge in [0.25, 0.3) is 5.91 Å². The summed E-state index contributed by atoms with van der Waals surface area (Å²) >= 11 is 5.94. The molecule has 1 aliphatic heterocycles. The van der Waals surface area contributed by atoms with Crippen molar-refractivity contribution in [3.8, 4) is 0 Å². The van der Waals surface area contributed by atoms with Gasteiger partial charge in [0, 0.05) is 13.1 Å². The molecule has 1 aromatic heterocycles. The number of carbonyl (C=O) groups is 2. The number of carbonyl (C=O) groups excluding carboxylic acids is 2. The maximum Gasteiger partial charge on any atom is 0.282 e. The summed E-state index contributed by atoms with van der Waals surface area (Å²) in [6.45, 7) is 6.39. The molecule has 2 rings (SSSR count). The molecule has 0 bridgehead atoms. The number of piperazine rings is 1. The van der Waals surface area contributed by atoms with Crippen LogP contribution < -0.4 is 10.2 Å². The van der Waals surface area contributed by atoms with Gasteiger partial charge >= 0.3 is 0 Å². The average Bonchev–Trinajstić information content (AvgIpc) is 2.49. The molecule has 1 fully saturated rings. The SMILES string of the molecule is CC(=O)N1CC[NH+]([C@@H](C)C(=O)Nc2cccnc2Cl)CC1. The molecule has 1 atom stereocenters. The number of rotatable bonds is 3. The third-order valence-corrected chi connectivity index (χ3v) is 4.17. The first-order chi connectivity index (χ1) is 9.99. The molecule has 0 aliphatic carbocycles. The predicted molar refractivity (Wildman–Crippen MR) is 80.3 cm³/mol. The highest BCUT2D eigenvalue weighted by Gasteiger charge is 2.30. The van der Waals surface area contributed by atoms with E-state index in [4.69, 9.17) is 11.6 Å². The lowest BCUT2D eigenvalue weighted by atomic mass is 10.2. The highest BCUT2D eigenvalue weighted by molar-refractivity contribution is 6.32. The summed E-state index contributed by atoms with van der Waals surface area (Å²) in [5.41, 5.74) is 0.526. The zero-order chi connectivity index (χ0) is 15.4. The lowest BCUT2D eigenvalue weighted by molar-refractivity contribution is -0.917. The van der Waals surface area contributed by atoms with E-state index >= 15 is 0 Å². The van der Waals surface area contributed by atoms with E-state index in [1.807, 2.05) is 11.8 Å². The van der Waals surface area contributed by atoms with Crippen molar-refractivity contribution in [1.29, 1.82) is 0 Å². The molecule has 0 unspecified atom stereocenters. The van der Waals surface area contributed by atoms with Gasteiger partial charge in [-0.25, -0.2) is 4.98 Å². The zero-order valence-corrected chi connectivity index (χ0v) is 13.0. The summed E-state index contributed by atoms with van der Waals surface area (Å²) < 4.78 is 0. The van der Waals surface area contributed by atoms with Gasteiger partial charge in [-0.3, -0.25) is 9.59 Å². The van der Waals surface area contributed by atoms with Gasteiger partial charge in [0.05, 0.1) is 31.9 Å². The van der Waals surface area contributed by atoms with Gasteiger partial charge in [-0.15, -0.1) is 0 Å². The van der Waals surface area contributed by atoms with Crippen LogP contribution in [-0.2, 0) is 9.59 Å². The maximum atomic E-state index is 12.3. The third kappa shape index (κ3) is 3.92. The van der Waals surface area contributed by atoms with Crippen molar-refractivity contribution in [2.75, 3.05) is 31.5 Å². The van der Waals surface area contributed by atoms with Crippen molar-refractivity contribution in [2.45, 2.75) is 19.9 Å². The Kier molecular flexibility index (Phi) is 5.14. The van der Waals surface area contributed by atoms with Gasteiger partial charge in [0.15, 0.2) is 11.2 Å². The van der Waals surface area contributed by atoms with Crippen LogP contribution in [0.2, 0.25) is 5.15 Å². The lowest BCUT2D eigenvalue weighted by Gasteiger charge is -2.34. The van der Waals surface area contributed by atoms with Crippen molar-refractivity contribution in [3.63, 3.8) is 0 Å². The topological polar surface area (TPSA) is 66.7 Å². The van der Waals surface area contributed by atoms with Crippen LogP contribution in [0.15, 0.2) is 18.3 Å². The maximum absolute atomic E-state index is 12.3. The highest BCUT2D eigenvalue weighted by Crippen LogP contribution is 2.17. The first-order valence-electron chi connectivity index (χ1n) is 7.00. The molecule has 1 saturated heterocycles. The minimum absolute atomic E-state index is 0.0869. The second kappa shape index (κ2) is 6.87. The number of hydrogen-bond acceptors (Lipinski definition) is 3. The Morgan fingerprint density at radius 3 is 2.67 bits per heavy atom. The molecule has 114 valence electrons. The Morgan fingerprint density at radius 1 is 1.43 bits per heavy atom. The first-order valence-corrected chi connectivity index (χ1v) is 7.38. The minimum atomic E-state index is -0.199. The Morgan fingerprint density at radius 2 is 2.10 bits per heavy atom. The molecule has 7 heteroatoms. The van der Waals surface area contributed by atoms with Crippen LogP contribution in [0.4, 0.5) is 5.69 Å². The van der Waals surface area contributed by atoms with Crippen molar-refractivity contribution in [3.05, 3.63) is 23.5 Å². The standard InChI is InChI=1S/C14H19ClN4O2/c1-10(18-6-8-19(9-7-18)11(2)20)14(21)17-12-4-3-5-16-13(12)15/h3-5,10H,6-9H2,1-2H3,(H,17,21)/p+1/t10-/m0/s1. The number of anilines is 1. The molecule has 6 nitrogen and oxygen atoms in total. The van der Waals surface area contributed by atoms with E-state index in [9.17, 15) is 9.59 Å². The second-order valence-corrected chi connectivity index (χ2v) is 5.58. The summed E-state index contributed by atoms with van der Waals surface area (Å²) in [5.74, 6) is 0.00414. The van der Waals surface area contributed by atoms with E-state index < -0.39 is 0 Å². The summed E-state index contributed by atoms with van der Waals surface area (Å²) in [5, 5.41) is 3.09. The lowest BCUT2D eigenvalue weighted by Crippen LogP contribution is -3.19. The zero-order valence-electron chi connectivity index (χ0n) is 12.2. The van der Waals surface area contributed by atoms with Gasteiger partial charge in [-0.1, -0.05) is 11.6 Å². The van der Waals surface area contributed by atoms with E-state index in [1.165, 1.54) is 4.90 Å². The van der Waals surface area contributed by atoms with Gasteiger partial charge in [-0.2, -0.15) is 0 Å². The summed E-state index contributed by atoms with van der Waals surface area (Å²) in [4.78, 5) is 30.5. The van der Waals surface area contributed by atoms with E-state index in [1.54, 1.807) is 25.3 Å². The number of pyridine rings is 1. The van der Waals surface area contributed by atoms with Crippen molar-refractivity contribution < 1.29 is 14.5 Å². The number of hydrogen-bond donors (Lipinski definition) is 2. The van der Waals surface area contributed by atoms with E-state index in [0.717, 1.165) is 13.1 Å². The second-order valence-electron chi connectivity index (χ2n) is 5.22. The van der Waals surface area contributed by atoms with Crippen LogP contribution in [0.25, 0.3) is 0 Å². The fourth-order valence-electron chi connectivity index (χ4n) is 2.45. The summed E-state index contributed by atoms with van der Waals surface area (Å²) in [6.07, 6.45) is 1.58. The largest absolute Gasteiger partial charge is 0.332 e. The fourth-order valence-corrected chi connectivity index (χ4v) is 2.61. The highest BCUT2D eigenvalue weighted by atomic mass is 35.5. The Balaban J connectivity index is 1.92. The van der Waals surface area contributed by atoms with Gasteiger partial charge < -0.3 is 15.1 Å². The van der Waals surface area contributed by atoms with Crippen LogP contribution in [0.5, 0.6) is 0 Å². The molecule has 0 spiro atoms. The molecular weight excluding hydrogens is 292 g/mol. The molecule has 2 amide bonds. The Hall–Kier alpha value is -1.66. The average molecular weight is 312 g/mol. The smallest absolute Gasteiger partial charge is 0.282 e. The molecule has 1 aliphatic rings. The molecule has 1 aromatic rings. The monoisotopic (exact) mass is 311 g/mol. The van der Waals surface area contributed by atoms with Crippen LogP contribution in [0.1, 0.15) is 13.8 Å². The van der Waals surface area contributed by atoms with Crippen molar-refractivity contribution in [2.24, 2.45) is 0 Å². The molecule has 21 heavy (non-hydrogen) atoms. The number of amides is 2. The van der Waals surface area contributed by atoms with Gasteiger partial charge in [-0.05, 0) is 19.1 Å². The summed E-state index contributed by atoms with van der Waals surface area (Å²) in [6, 6.07) is 3.25. The van der Waals surface area contributed by atoms with Crippen LogP contribution in [0.3, 0.4) is 0 Å².